The normalized spacial score (nSPS) is 8.81. The van der Waals surface area contributed by atoms with Gasteiger partial charge in [-0.15, -0.1) is 209 Å². The highest BCUT2D eigenvalue weighted by molar-refractivity contribution is 6.46. The monoisotopic (exact) mass is 970 g/mol. The summed E-state index contributed by atoms with van der Waals surface area (Å²) in [7, 11) is 0. The van der Waals surface area contributed by atoms with Gasteiger partial charge in [0.05, 0.1) is 6.61 Å². The molecule has 2 nitrogen and oxygen atoms in total. The standard InChI is InChI=1S/C4H8O2.9C2H4Cl2/c1-3-6-4(2)5;9*1-2(3)4/h3H2,1-2H3;9*2H,1H3. The van der Waals surface area contributed by atoms with Gasteiger partial charge in [0.2, 0.25) is 0 Å². The van der Waals surface area contributed by atoms with E-state index < -0.39 is 0 Å². The van der Waals surface area contributed by atoms with E-state index in [9.17, 15) is 4.79 Å². The Balaban J connectivity index is -0.0000000340. The van der Waals surface area contributed by atoms with E-state index in [1.165, 1.54) is 6.92 Å². The molecule has 270 valence electrons. The molecule has 0 saturated carbocycles. The van der Waals surface area contributed by atoms with E-state index in [2.05, 4.69) is 4.74 Å². The van der Waals surface area contributed by atoms with Gasteiger partial charge in [-0.3, -0.25) is 4.79 Å². The molecule has 0 aliphatic heterocycles. The van der Waals surface area contributed by atoms with Crippen LogP contribution < -0.4 is 0 Å². The number of hydrogen-bond donors (Lipinski definition) is 0. The molecule has 0 radical (unpaired) electrons. The van der Waals surface area contributed by atoms with Crippen LogP contribution in [0.1, 0.15) is 76.2 Å². The van der Waals surface area contributed by atoms with Gasteiger partial charge in [0.25, 0.3) is 0 Å². The molecule has 0 bridgehead atoms. The number of carbonyl (C=O) groups excluding carboxylic acids is 1. The van der Waals surface area contributed by atoms with Gasteiger partial charge >= 0.3 is 5.97 Å². The maximum Gasteiger partial charge on any atom is 0.302 e. The average Bonchev–Trinajstić information content (AvgIpc) is 2.56. The third-order valence-corrected chi connectivity index (χ3v) is 0.348. The van der Waals surface area contributed by atoms with E-state index in [1.54, 1.807) is 69.2 Å². The van der Waals surface area contributed by atoms with Crippen LogP contribution >= 0.6 is 209 Å². The Kier molecular flexibility index (Phi) is 117. The Morgan fingerprint density at radius 1 is 0.381 bits per heavy atom. The van der Waals surface area contributed by atoms with E-state index in [0.29, 0.717) is 6.61 Å². The van der Waals surface area contributed by atoms with E-state index in [-0.39, 0.29) is 49.5 Å². The van der Waals surface area contributed by atoms with E-state index in [4.69, 9.17) is 209 Å². The summed E-state index contributed by atoms with van der Waals surface area (Å²) >= 11 is 90.7. The molecule has 0 aromatic carbocycles. The van der Waals surface area contributed by atoms with Crippen LogP contribution in [0.4, 0.5) is 0 Å². The zero-order chi connectivity index (χ0) is 37.2. The minimum Gasteiger partial charge on any atom is -0.466 e. The van der Waals surface area contributed by atoms with Crippen molar-refractivity contribution < 1.29 is 9.53 Å². The van der Waals surface area contributed by atoms with Crippen LogP contribution in [0.3, 0.4) is 0 Å². The number of halogens is 18. The van der Waals surface area contributed by atoms with Crippen LogP contribution in [0, 0.1) is 0 Å². The van der Waals surface area contributed by atoms with Crippen molar-refractivity contribution in [3.05, 3.63) is 0 Å². The number of carbonyl (C=O) groups is 1. The summed E-state index contributed by atoms with van der Waals surface area (Å²) in [4.78, 5) is 7.82. The first-order valence-corrected chi connectivity index (χ1v) is 18.9. The molecule has 0 amide bonds. The average molecular weight is 979 g/mol. The Bertz CT molecular complexity index is 278. The Hall–Kier alpha value is 4.69. The van der Waals surface area contributed by atoms with Crippen molar-refractivity contribution in [2.45, 2.75) is 120 Å². The third kappa shape index (κ3) is 1440. The Labute approximate surface area is 346 Å². The minimum atomic E-state index is -0.222. The van der Waals surface area contributed by atoms with Crippen molar-refractivity contribution >= 4 is 215 Å². The fourth-order valence-electron chi connectivity index (χ4n) is 0.203. The predicted octanol–water partition coefficient (Wildman–Crippen LogP) is 16.9. The van der Waals surface area contributed by atoms with Crippen LogP contribution in [0.15, 0.2) is 0 Å². The number of hydrogen-bond acceptors (Lipinski definition) is 2. The first-order chi connectivity index (χ1) is 18.4. The van der Waals surface area contributed by atoms with Crippen molar-refractivity contribution in [3.8, 4) is 0 Å². The number of rotatable bonds is 1. The molecule has 0 aliphatic carbocycles. The van der Waals surface area contributed by atoms with Crippen LogP contribution in [0.2, 0.25) is 0 Å². The van der Waals surface area contributed by atoms with E-state index in [0.717, 1.165) is 0 Å². The highest BCUT2D eigenvalue weighted by Crippen LogP contribution is 1.98. The predicted molar refractivity (Wildman–Crippen MR) is 213 cm³/mol. The first-order valence-electron chi connectivity index (χ1n) is 11.0. The van der Waals surface area contributed by atoms with Gasteiger partial charge in [-0.05, 0) is 69.2 Å². The number of ether oxygens (including phenoxy) is 1. The molecule has 0 aromatic heterocycles. The zero-order valence-electron chi connectivity index (χ0n) is 25.0. The lowest BCUT2D eigenvalue weighted by Gasteiger charge is -1.89. The molecule has 0 aliphatic rings. The van der Waals surface area contributed by atoms with Gasteiger partial charge in [0.15, 0.2) is 0 Å². The molecular weight excluding hydrogens is 934 g/mol. The summed E-state index contributed by atoms with van der Waals surface area (Å²) < 4.78 is 4.40. The largest absolute Gasteiger partial charge is 0.466 e. The van der Waals surface area contributed by atoms with Gasteiger partial charge in [-0.25, -0.2) is 0 Å². The first kappa shape index (κ1) is 72.4. The molecule has 0 saturated heterocycles. The second kappa shape index (κ2) is 67.8. The van der Waals surface area contributed by atoms with E-state index in [1.807, 2.05) is 0 Å². The molecule has 0 heterocycles. The van der Waals surface area contributed by atoms with Gasteiger partial charge in [-0.2, -0.15) is 0 Å². The highest BCUT2D eigenvalue weighted by Gasteiger charge is 1.82. The van der Waals surface area contributed by atoms with Crippen LogP contribution in [0.5, 0.6) is 0 Å². The van der Waals surface area contributed by atoms with Gasteiger partial charge in [0, 0.05) is 6.92 Å². The molecular formula is C22H44Cl18O2. The molecule has 0 spiro atoms. The molecule has 0 aromatic rings. The van der Waals surface area contributed by atoms with Crippen molar-refractivity contribution in [3.63, 3.8) is 0 Å². The van der Waals surface area contributed by atoms with Crippen LogP contribution in [-0.4, -0.2) is 56.1 Å². The molecule has 20 heteroatoms. The van der Waals surface area contributed by atoms with Crippen molar-refractivity contribution in [2.24, 2.45) is 0 Å². The lowest BCUT2D eigenvalue weighted by Crippen LogP contribution is -1.95. The van der Waals surface area contributed by atoms with Gasteiger partial charge in [-0.1, -0.05) is 0 Å². The molecule has 0 atom stereocenters. The molecule has 0 rings (SSSR count). The summed E-state index contributed by atoms with van der Waals surface area (Å²) in [5.41, 5.74) is 0. The maximum atomic E-state index is 9.82. The quantitative estimate of drug-likeness (QED) is 0.193. The van der Waals surface area contributed by atoms with Gasteiger partial charge < -0.3 is 4.74 Å². The Morgan fingerprint density at radius 2 is 0.452 bits per heavy atom. The molecule has 0 N–H and O–H groups in total. The minimum absolute atomic E-state index is 0.211. The maximum absolute atomic E-state index is 9.82. The SMILES string of the molecule is CC(Cl)Cl.CC(Cl)Cl.CC(Cl)Cl.CC(Cl)Cl.CC(Cl)Cl.CC(Cl)Cl.CC(Cl)Cl.CC(Cl)Cl.CC(Cl)Cl.CCOC(C)=O. The van der Waals surface area contributed by atoms with Crippen LogP contribution in [0.25, 0.3) is 0 Å². The Morgan fingerprint density at radius 3 is 0.452 bits per heavy atom. The molecule has 0 fully saturated rings. The van der Waals surface area contributed by atoms with Crippen LogP contribution in [-0.2, 0) is 9.53 Å². The smallest absolute Gasteiger partial charge is 0.302 e. The second-order valence-electron chi connectivity index (χ2n) is 5.59. The fourth-order valence-corrected chi connectivity index (χ4v) is 0.203. The summed E-state index contributed by atoms with van der Waals surface area (Å²) in [6, 6.07) is 0. The summed E-state index contributed by atoms with van der Waals surface area (Å²) in [5.74, 6) is -0.211. The topological polar surface area (TPSA) is 26.3 Å². The van der Waals surface area contributed by atoms with Crippen molar-refractivity contribution in [2.75, 3.05) is 6.61 Å². The summed E-state index contributed by atoms with van der Waals surface area (Å²) in [5, 5.41) is 0. The fraction of sp³-hybridized carbons (Fsp3) is 0.955. The van der Waals surface area contributed by atoms with Crippen molar-refractivity contribution in [1.82, 2.24) is 0 Å². The molecule has 42 heavy (non-hydrogen) atoms. The van der Waals surface area contributed by atoms with Crippen molar-refractivity contribution in [1.29, 1.82) is 0 Å². The zero-order valence-corrected chi connectivity index (χ0v) is 38.6. The second-order valence-corrected chi connectivity index (χ2v) is 19.4. The number of esters is 1. The lowest BCUT2D eigenvalue weighted by molar-refractivity contribution is -0.140. The third-order valence-electron chi connectivity index (χ3n) is 0.348. The summed E-state index contributed by atoms with van der Waals surface area (Å²) in [6.07, 6.45) is 0. The van der Waals surface area contributed by atoms with E-state index >= 15 is 0 Å². The number of alkyl halides is 18. The van der Waals surface area contributed by atoms with Gasteiger partial charge in [0.1, 0.15) is 43.5 Å². The summed E-state index contributed by atoms with van der Waals surface area (Å²) in [6.45, 7) is 18.9. The lowest BCUT2D eigenvalue weighted by atomic mass is 10.8. The molecule has 0 unspecified atom stereocenters. The highest BCUT2D eigenvalue weighted by atomic mass is 35.6.